The smallest absolute Gasteiger partial charge is 0.418 e. The molecule has 1 atom stereocenters. The molecule has 0 aliphatic carbocycles. The molecule has 0 heterocycles. The molecular formula is C12H15F3O2. The summed E-state index contributed by atoms with van der Waals surface area (Å²) in [4.78, 5) is 0. The molecule has 1 rings (SSSR count). The Morgan fingerprint density at radius 3 is 2.06 bits per heavy atom. The molecule has 17 heavy (non-hydrogen) atoms. The summed E-state index contributed by atoms with van der Waals surface area (Å²) in [7, 11) is 0. The fourth-order valence-electron chi connectivity index (χ4n) is 1.78. The lowest BCUT2D eigenvalue weighted by Crippen LogP contribution is -2.22. The molecule has 0 fully saturated rings. The molecule has 0 aromatic heterocycles. The molecule has 1 N–H and O–H groups in total. The topological polar surface area (TPSA) is 29.5 Å². The minimum atomic E-state index is -4.65. The average Bonchev–Trinajstić information content (AvgIpc) is 2.15. The molecule has 2 nitrogen and oxygen atoms in total. The van der Waals surface area contributed by atoms with E-state index >= 15 is 0 Å². The Kier molecular flexibility index (Phi) is 4.03. The van der Waals surface area contributed by atoms with E-state index in [0.29, 0.717) is 23.5 Å². The molecule has 0 radical (unpaired) electrons. The molecule has 0 spiro atoms. The number of halogens is 3. The molecule has 0 aliphatic heterocycles. The minimum absolute atomic E-state index is 0.0963. The second kappa shape index (κ2) is 4.96. The van der Waals surface area contributed by atoms with Crippen LogP contribution in [0.2, 0.25) is 0 Å². The highest BCUT2D eigenvalue weighted by molar-refractivity contribution is 5.42. The molecule has 1 unspecified atom stereocenters. The van der Waals surface area contributed by atoms with Crippen molar-refractivity contribution in [3.8, 4) is 5.75 Å². The third-order valence-electron chi connectivity index (χ3n) is 2.46. The molecule has 1 aromatic carbocycles. The van der Waals surface area contributed by atoms with Gasteiger partial charge in [0.25, 0.3) is 0 Å². The van der Waals surface area contributed by atoms with E-state index in [4.69, 9.17) is 4.74 Å². The zero-order valence-electron chi connectivity index (χ0n) is 9.93. The monoisotopic (exact) mass is 248 g/mol. The van der Waals surface area contributed by atoms with Crippen LogP contribution in [-0.2, 0) is 0 Å². The molecule has 5 heteroatoms. The Labute approximate surface area is 98.0 Å². The van der Waals surface area contributed by atoms with Crippen molar-refractivity contribution in [2.45, 2.75) is 33.1 Å². The molecule has 96 valence electrons. The van der Waals surface area contributed by atoms with E-state index in [1.54, 1.807) is 6.92 Å². The molecule has 0 saturated carbocycles. The van der Waals surface area contributed by atoms with Crippen LogP contribution in [0.3, 0.4) is 0 Å². The van der Waals surface area contributed by atoms with Crippen LogP contribution in [0.5, 0.6) is 5.75 Å². The van der Waals surface area contributed by atoms with Crippen molar-refractivity contribution in [3.05, 3.63) is 28.8 Å². The first-order valence-corrected chi connectivity index (χ1v) is 5.26. The Hall–Kier alpha value is -1.23. The fraction of sp³-hybridized carbons (Fsp3) is 0.500. The van der Waals surface area contributed by atoms with Gasteiger partial charge in [-0.2, -0.15) is 13.2 Å². The van der Waals surface area contributed by atoms with Crippen molar-refractivity contribution in [1.29, 1.82) is 0 Å². The SMILES string of the molecule is CCOc1cc(C)c(C(O)C(F)(F)F)c(C)c1. The summed E-state index contributed by atoms with van der Waals surface area (Å²) >= 11 is 0. The van der Waals surface area contributed by atoms with E-state index in [-0.39, 0.29) is 5.56 Å². The van der Waals surface area contributed by atoms with Crippen molar-refractivity contribution >= 4 is 0 Å². The van der Waals surface area contributed by atoms with Gasteiger partial charge in [0.15, 0.2) is 6.10 Å². The maximum atomic E-state index is 12.5. The number of rotatable bonds is 3. The first-order chi connectivity index (χ1) is 7.77. The van der Waals surface area contributed by atoms with E-state index in [1.165, 1.54) is 26.0 Å². The van der Waals surface area contributed by atoms with Gasteiger partial charge in [-0.3, -0.25) is 0 Å². The summed E-state index contributed by atoms with van der Waals surface area (Å²) in [5.74, 6) is 0.514. The lowest BCUT2D eigenvalue weighted by Gasteiger charge is -2.20. The van der Waals surface area contributed by atoms with Crippen LogP contribution in [0.15, 0.2) is 12.1 Å². The second-order valence-electron chi connectivity index (χ2n) is 3.85. The molecule has 0 bridgehead atoms. The summed E-state index contributed by atoms with van der Waals surface area (Å²) in [6.45, 7) is 5.29. The van der Waals surface area contributed by atoms with E-state index in [1.807, 2.05) is 0 Å². The Balaban J connectivity index is 3.18. The van der Waals surface area contributed by atoms with Crippen molar-refractivity contribution in [3.63, 3.8) is 0 Å². The molecule has 1 aromatic rings. The Bertz CT molecular complexity index is 376. The van der Waals surface area contributed by atoms with E-state index in [9.17, 15) is 18.3 Å². The summed E-state index contributed by atoms with van der Waals surface area (Å²) in [5.41, 5.74) is 0.650. The van der Waals surface area contributed by atoms with Gasteiger partial charge in [-0.05, 0) is 49.6 Å². The standard InChI is InChI=1S/C12H15F3O2/c1-4-17-9-5-7(2)10(8(3)6-9)11(16)12(13,14)15/h5-6,11,16H,4H2,1-3H3. The minimum Gasteiger partial charge on any atom is -0.494 e. The van der Waals surface area contributed by atoms with Crippen molar-refractivity contribution in [2.75, 3.05) is 6.61 Å². The number of ether oxygens (including phenoxy) is 1. The maximum Gasteiger partial charge on any atom is 0.418 e. The third kappa shape index (κ3) is 3.12. The largest absolute Gasteiger partial charge is 0.494 e. The zero-order chi connectivity index (χ0) is 13.2. The molecular weight excluding hydrogens is 233 g/mol. The van der Waals surface area contributed by atoms with Crippen LogP contribution in [0.4, 0.5) is 13.2 Å². The van der Waals surface area contributed by atoms with Gasteiger partial charge in [-0.15, -0.1) is 0 Å². The number of aryl methyl sites for hydroxylation is 2. The molecule has 0 aliphatic rings. The number of aliphatic hydroxyl groups excluding tert-OH is 1. The van der Waals surface area contributed by atoms with Crippen LogP contribution in [0, 0.1) is 13.8 Å². The maximum absolute atomic E-state index is 12.5. The Morgan fingerprint density at radius 2 is 1.71 bits per heavy atom. The highest BCUT2D eigenvalue weighted by Crippen LogP contribution is 2.37. The van der Waals surface area contributed by atoms with E-state index in [0.717, 1.165) is 0 Å². The molecule has 0 amide bonds. The summed E-state index contributed by atoms with van der Waals surface area (Å²) in [6, 6.07) is 3.00. The van der Waals surface area contributed by atoms with E-state index in [2.05, 4.69) is 0 Å². The summed E-state index contributed by atoms with van der Waals surface area (Å²) in [5, 5.41) is 9.27. The van der Waals surface area contributed by atoms with Crippen LogP contribution >= 0.6 is 0 Å². The van der Waals surface area contributed by atoms with Gasteiger partial charge >= 0.3 is 6.18 Å². The fourth-order valence-corrected chi connectivity index (χ4v) is 1.78. The zero-order valence-corrected chi connectivity index (χ0v) is 9.93. The van der Waals surface area contributed by atoms with Gasteiger partial charge in [-0.1, -0.05) is 0 Å². The quantitative estimate of drug-likeness (QED) is 0.889. The second-order valence-corrected chi connectivity index (χ2v) is 3.85. The lowest BCUT2D eigenvalue weighted by atomic mass is 9.97. The lowest BCUT2D eigenvalue weighted by molar-refractivity contribution is -0.207. The van der Waals surface area contributed by atoms with Gasteiger partial charge in [-0.25, -0.2) is 0 Å². The highest BCUT2D eigenvalue weighted by Gasteiger charge is 2.40. The van der Waals surface area contributed by atoms with Crippen LogP contribution < -0.4 is 4.74 Å². The molecule has 0 saturated heterocycles. The van der Waals surface area contributed by atoms with Crippen molar-refractivity contribution in [1.82, 2.24) is 0 Å². The van der Waals surface area contributed by atoms with E-state index < -0.39 is 12.3 Å². The van der Waals surface area contributed by atoms with Crippen LogP contribution in [0.25, 0.3) is 0 Å². The first-order valence-electron chi connectivity index (χ1n) is 5.26. The number of hydrogen-bond acceptors (Lipinski definition) is 2. The van der Waals surface area contributed by atoms with Crippen molar-refractivity contribution in [2.24, 2.45) is 0 Å². The first kappa shape index (κ1) is 13.8. The predicted molar refractivity (Wildman–Crippen MR) is 58.1 cm³/mol. The van der Waals surface area contributed by atoms with Crippen molar-refractivity contribution < 1.29 is 23.0 Å². The number of aliphatic hydroxyl groups is 1. The predicted octanol–water partition coefficient (Wildman–Crippen LogP) is 3.30. The van der Waals surface area contributed by atoms with Gasteiger partial charge in [0.2, 0.25) is 0 Å². The number of hydrogen-bond donors (Lipinski definition) is 1. The normalized spacial score (nSPS) is 13.6. The highest BCUT2D eigenvalue weighted by atomic mass is 19.4. The van der Waals surface area contributed by atoms with Crippen LogP contribution in [-0.4, -0.2) is 17.9 Å². The van der Waals surface area contributed by atoms with Crippen LogP contribution in [0.1, 0.15) is 29.7 Å². The third-order valence-corrected chi connectivity index (χ3v) is 2.46. The van der Waals surface area contributed by atoms with Gasteiger partial charge in [0.1, 0.15) is 5.75 Å². The van der Waals surface area contributed by atoms with Gasteiger partial charge < -0.3 is 9.84 Å². The number of benzene rings is 1. The van der Waals surface area contributed by atoms with Gasteiger partial charge in [0, 0.05) is 0 Å². The Morgan fingerprint density at radius 1 is 1.24 bits per heavy atom. The summed E-state index contributed by atoms with van der Waals surface area (Å²) in [6.07, 6.45) is -7.10. The average molecular weight is 248 g/mol. The summed E-state index contributed by atoms with van der Waals surface area (Å²) < 4.78 is 42.6. The number of alkyl halides is 3. The van der Waals surface area contributed by atoms with Gasteiger partial charge in [0.05, 0.1) is 6.61 Å².